The summed E-state index contributed by atoms with van der Waals surface area (Å²) in [7, 11) is -13.9. The largest absolute Gasteiger partial charge is 0.478 e. The average molecular weight is 1080 g/mol. The van der Waals surface area contributed by atoms with E-state index < -0.39 is 103 Å². The van der Waals surface area contributed by atoms with Crippen molar-refractivity contribution in [3.8, 4) is 16.9 Å². The van der Waals surface area contributed by atoms with Gasteiger partial charge in [-0.15, -0.1) is 0 Å². The number of carboxylic acid groups (broad SMARTS) is 1. The van der Waals surface area contributed by atoms with Crippen LogP contribution in [0.3, 0.4) is 0 Å². The molecule has 0 saturated heterocycles. The minimum Gasteiger partial charge on any atom is -0.478 e. The number of rotatable bonds is 18. The number of carbonyl (C=O) groups excluding carboxylic acids is 2. The van der Waals surface area contributed by atoms with E-state index in [1.807, 2.05) is 0 Å². The second kappa shape index (κ2) is 19.6. The molecule has 1 aliphatic carbocycles. The van der Waals surface area contributed by atoms with Crippen LogP contribution in [-0.2, 0) is 48.8 Å². The minimum absolute atomic E-state index is 0.00984. The van der Waals surface area contributed by atoms with Crippen molar-refractivity contribution in [2.24, 2.45) is 7.05 Å². The van der Waals surface area contributed by atoms with Crippen LogP contribution >= 0.6 is 11.8 Å². The van der Waals surface area contributed by atoms with Gasteiger partial charge in [0.2, 0.25) is 11.9 Å². The lowest BCUT2D eigenvalue weighted by molar-refractivity contribution is 0.0697. The number of hydrogen-bond acceptors (Lipinski definition) is 19. The molecular weight excluding hydrogens is 1050 g/mol. The van der Waals surface area contributed by atoms with Crippen LogP contribution in [-0.4, -0.2) is 101 Å². The van der Waals surface area contributed by atoms with Crippen molar-refractivity contribution in [3.05, 3.63) is 135 Å². The summed E-state index contributed by atoms with van der Waals surface area (Å²) < 4.78 is 132. The summed E-state index contributed by atoms with van der Waals surface area (Å²) in [6.07, 6.45) is -0.110. The molecule has 0 radical (unpaired) electrons. The number of thioether (sulfide) groups is 1. The first-order valence-electron chi connectivity index (χ1n) is 20.3. The van der Waals surface area contributed by atoms with Gasteiger partial charge in [0.05, 0.1) is 50.7 Å². The summed E-state index contributed by atoms with van der Waals surface area (Å²) in [5, 5.41) is 17.6. The standard InChI is InChI=1S/C43H33N7O17S5/c1-50-30-15-14-27(34-35(30)33(23-10-2-3-11-24(23)38(34)52)36(39(50)53)37(51)21-8-6-9-22(18-21)67-69(56)57)44-28-19-29(32(72(64,65)66)20-31(28)71(61,62)63)46-42-47-41(45-26-13-5-4-12-25(26)40(54)55)48-43(49-42)68-16-7-17-70(58,59)60/h2-6,8-15,18-20,44H,7,16-17H2,1H3,(H,54,55)(H,56,57)(H,58,59,60)(H,61,62,63)(H,64,65,66)(H2,45,46,47,48,49). The first kappa shape index (κ1) is 50.9. The van der Waals surface area contributed by atoms with E-state index in [0.29, 0.717) is 6.07 Å². The zero-order chi connectivity index (χ0) is 52.0. The summed E-state index contributed by atoms with van der Waals surface area (Å²) in [6.45, 7) is 0. The highest BCUT2D eigenvalue weighted by Gasteiger charge is 2.35. The fourth-order valence-electron chi connectivity index (χ4n) is 7.69. The van der Waals surface area contributed by atoms with Gasteiger partial charge in [-0.1, -0.05) is 60.3 Å². The zero-order valence-corrected chi connectivity index (χ0v) is 40.4. The molecule has 8 rings (SSSR count). The Kier molecular flexibility index (Phi) is 13.9. The molecule has 29 heteroatoms. The van der Waals surface area contributed by atoms with E-state index in [-0.39, 0.29) is 84.7 Å². The van der Waals surface area contributed by atoms with E-state index in [1.54, 1.807) is 6.07 Å². The molecule has 0 aliphatic heterocycles. The van der Waals surface area contributed by atoms with Crippen molar-refractivity contribution in [3.63, 3.8) is 0 Å². The molecule has 0 bridgehead atoms. The first-order valence-corrected chi connectivity index (χ1v) is 26.8. The third-order valence-electron chi connectivity index (χ3n) is 10.7. The van der Waals surface area contributed by atoms with Gasteiger partial charge in [-0.2, -0.15) is 44.4 Å². The Morgan fingerprint density at radius 2 is 1.35 bits per heavy atom. The molecule has 1 aliphatic rings. The average Bonchev–Trinajstić information content (AvgIpc) is 3.29. The topological polar surface area (TPSA) is 378 Å². The first-order chi connectivity index (χ1) is 33.9. The Labute approximate surface area is 413 Å². The Bertz CT molecular complexity index is 3910. The third kappa shape index (κ3) is 10.6. The normalized spacial score (nSPS) is 12.8. The van der Waals surface area contributed by atoms with Gasteiger partial charge in [0, 0.05) is 34.9 Å². The lowest BCUT2D eigenvalue weighted by Gasteiger charge is -2.26. The number of nitrogens with zero attached hydrogens (tertiary/aromatic N) is 4. The Balaban J connectivity index is 1.30. The number of aromatic carboxylic acids is 1. The van der Waals surface area contributed by atoms with Gasteiger partial charge in [-0.05, 0) is 60.5 Å². The Morgan fingerprint density at radius 3 is 1.99 bits per heavy atom. The number of aromatic nitrogens is 4. The number of pyridine rings is 1. The highest BCUT2D eigenvalue weighted by Crippen LogP contribution is 2.45. The molecule has 0 saturated carbocycles. The minimum atomic E-state index is -5.45. The molecule has 1 unspecified atom stereocenters. The number of aryl methyl sites for hydroxylation is 1. The van der Waals surface area contributed by atoms with E-state index in [4.69, 9.17) is 4.18 Å². The SMILES string of the molecule is Cn1c(=O)c(C(=O)c2cccc(OS(=O)O)c2)c2c3c(c(Nc4cc(Nc5nc(Nc6ccccc6C(=O)O)nc(SCCCS(=O)(=O)O)n5)c(S(=O)(=O)O)cc4S(=O)(=O)O)ccc31)C(=O)c1ccccc1-2. The van der Waals surface area contributed by atoms with Crippen LogP contribution in [0, 0.1) is 0 Å². The number of ketones is 2. The molecule has 7 aromatic rings. The fourth-order valence-corrected chi connectivity index (χ4v) is 10.8. The van der Waals surface area contributed by atoms with E-state index in [2.05, 4.69) is 30.9 Å². The molecule has 8 N–H and O–H groups in total. The number of anilines is 6. The van der Waals surface area contributed by atoms with E-state index >= 15 is 0 Å². The van der Waals surface area contributed by atoms with Crippen molar-refractivity contribution in [1.29, 1.82) is 0 Å². The quantitative estimate of drug-likeness (QED) is 0.0173. The smallest absolute Gasteiger partial charge is 0.357 e. The predicted octanol–water partition coefficient (Wildman–Crippen LogP) is 5.47. The second-order valence-corrected chi connectivity index (χ2v) is 21.3. The maximum atomic E-state index is 14.7. The molecule has 0 amide bonds. The fraction of sp³-hybridized carbons (Fsp3) is 0.0930. The molecule has 2 aromatic heterocycles. The molecule has 5 aromatic carbocycles. The molecule has 24 nitrogen and oxygen atoms in total. The van der Waals surface area contributed by atoms with E-state index in [1.165, 1.54) is 79.8 Å². The summed E-state index contributed by atoms with van der Waals surface area (Å²) in [5.74, 6) is -4.70. The van der Waals surface area contributed by atoms with Crippen molar-refractivity contribution in [2.75, 3.05) is 27.5 Å². The zero-order valence-electron chi connectivity index (χ0n) is 36.3. The van der Waals surface area contributed by atoms with Gasteiger partial charge in [-0.3, -0.25) is 32.6 Å². The van der Waals surface area contributed by atoms with Crippen LogP contribution in [0.15, 0.2) is 117 Å². The molecule has 72 heavy (non-hydrogen) atoms. The Hall–Kier alpha value is -7.48. The lowest BCUT2D eigenvalue weighted by Crippen LogP contribution is -2.29. The lowest BCUT2D eigenvalue weighted by atomic mass is 9.80. The number of hydrogen-bond donors (Lipinski definition) is 8. The van der Waals surface area contributed by atoms with Gasteiger partial charge in [-0.25, -0.2) is 4.79 Å². The summed E-state index contributed by atoms with van der Waals surface area (Å²) >= 11 is -1.95. The van der Waals surface area contributed by atoms with Gasteiger partial charge in [0.15, 0.2) is 16.7 Å². The highest BCUT2D eigenvalue weighted by molar-refractivity contribution is 7.99. The number of fused-ring (bicyclic) bond motifs is 2. The maximum absolute atomic E-state index is 14.7. The monoisotopic (exact) mass is 1080 g/mol. The summed E-state index contributed by atoms with van der Waals surface area (Å²) in [5.41, 5.74) is -3.22. The van der Waals surface area contributed by atoms with Gasteiger partial charge < -0.3 is 29.8 Å². The summed E-state index contributed by atoms with van der Waals surface area (Å²) in [6, 6.07) is 20.4. The van der Waals surface area contributed by atoms with Crippen LogP contribution in [0.2, 0.25) is 0 Å². The van der Waals surface area contributed by atoms with Crippen LogP contribution in [0.5, 0.6) is 5.75 Å². The number of carbonyl (C=O) groups is 3. The summed E-state index contributed by atoms with van der Waals surface area (Å²) in [4.78, 5) is 65.7. The predicted molar refractivity (Wildman–Crippen MR) is 260 cm³/mol. The molecular formula is C43H33N7O17S5. The highest BCUT2D eigenvalue weighted by atomic mass is 32.2. The Morgan fingerprint density at radius 1 is 0.722 bits per heavy atom. The molecule has 1 atom stereocenters. The molecule has 372 valence electrons. The van der Waals surface area contributed by atoms with Crippen molar-refractivity contribution >= 4 is 117 Å². The van der Waals surface area contributed by atoms with E-state index in [0.717, 1.165) is 28.5 Å². The number of benzene rings is 5. The molecule has 2 heterocycles. The number of nitrogens with one attached hydrogen (secondary N) is 3. The van der Waals surface area contributed by atoms with Gasteiger partial charge in [0.25, 0.3) is 35.9 Å². The molecule has 0 spiro atoms. The van der Waals surface area contributed by atoms with Crippen molar-refractivity contribution < 1.29 is 71.3 Å². The van der Waals surface area contributed by atoms with Crippen LogP contribution in [0.25, 0.3) is 22.0 Å². The van der Waals surface area contributed by atoms with Crippen LogP contribution in [0.4, 0.5) is 34.6 Å². The van der Waals surface area contributed by atoms with Crippen LogP contribution < -0.4 is 25.7 Å². The van der Waals surface area contributed by atoms with Crippen molar-refractivity contribution in [1.82, 2.24) is 19.5 Å². The van der Waals surface area contributed by atoms with Gasteiger partial charge >= 0.3 is 17.3 Å². The van der Waals surface area contributed by atoms with Crippen LogP contribution in [0.1, 0.15) is 48.6 Å². The third-order valence-corrected chi connectivity index (χ3v) is 14.5. The number of carboxylic acids is 1. The maximum Gasteiger partial charge on any atom is 0.357 e. The van der Waals surface area contributed by atoms with E-state index in [9.17, 15) is 72.0 Å². The van der Waals surface area contributed by atoms with Gasteiger partial charge in [0.1, 0.15) is 15.5 Å². The van der Waals surface area contributed by atoms with Crippen molar-refractivity contribution in [2.45, 2.75) is 21.4 Å². The molecule has 0 fully saturated rings. The number of para-hydroxylation sites is 1. The second-order valence-electron chi connectivity index (χ2n) is 15.3.